The second-order valence-corrected chi connectivity index (χ2v) is 15.7. The number of carbonyl (C=O) groups excluding carboxylic acids is 7. The maximum Gasteiger partial charge on any atom is 0.305 e. The van der Waals surface area contributed by atoms with E-state index in [0.717, 1.165) is 39.0 Å². The Labute approximate surface area is 370 Å². The maximum absolute atomic E-state index is 14.8. The SMILES string of the molecule is C=CC[C@@H](C=O)NC(=O)[C@H](CC1CCCCC1)NC(=O)[C@H](CCC(=O)O)NC(=O)[C@@H](NC(=O)[C@H](CCC(=O)O)NC(=O)[C@H](CC(=O)O)NC(C)=O)C(c1ccccc1)c1ccccc1. The molecule has 9 N–H and O–H groups in total. The van der Waals surface area contributed by atoms with Crippen molar-refractivity contribution < 1.29 is 63.3 Å². The number of carboxylic acid groups (broad SMARTS) is 3. The van der Waals surface area contributed by atoms with Crippen molar-refractivity contribution in [1.29, 1.82) is 0 Å². The molecule has 1 aliphatic rings. The average molecular weight is 891 g/mol. The monoisotopic (exact) mass is 890 g/mol. The number of aldehydes is 1. The molecule has 19 heteroatoms. The Morgan fingerprint density at radius 1 is 0.609 bits per heavy atom. The fourth-order valence-corrected chi connectivity index (χ4v) is 7.56. The van der Waals surface area contributed by atoms with Crippen LogP contribution in [0.4, 0.5) is 0 Å². The number of benzene rings is 2. The molecule has 1 saturated carbocycles. The maximum atomic E-state index is 14.8. The minimum Gasteiger partial charge on any atom is -0.481 e. The molecule has 3 rings (SSSR count). The second-order valence-electron chi connectivity index (χ2n) is 15.7. The van der Waals surface area contributed by atoms with Gasteiger partial charge in [0, 0.05) is 25.7 Å². The first-order valence-corrected chi connectivity index (χ1v) is 21.1. The summed E-state index contributed by atoms with van der Waals surface area (Å²) in [7, 11) is 0. The van der Waals surface area contributed by atoms with Crippen LogP contribution >= 0.6 is 0 Å². The first-order valence-electron chi connectivity index (χ1n) is 21.1. The molecule has 19 nitrogen and oxygen atoms in total. The Morgan fingerprint density at radius 2 is 1.08 bits per heavy atom. The molecule has 1 fully saturated rings. The Morgan fingerprint density at radius 3 is 1.55 bits per heavy atom. The van der Waals surface area contributed by atoms with Crippen molar-refractivity contribution in [2.45, 2.75) is 126 Å². The lowest BCUT2D eigenvalue weighted by atomic mass is 9.84. The molecule has 6 atom stereocenters. The summed E-state index contributed by atoms with van der Waals surface area (Å²) in [6.45, 7) is 4.64. The highest BCUT2D eigenvalue weighted by Gasteiger charge is 2.38. The van der Waals surface area contributed by atoms with Gasteiger partial charge >= 0.3 is 17.9 Å². The lowest BCUT2D eigenvalue weighted by molar-refractivity contribution is -0.141. The van der Waals surface area contributed by atoms with Crippen LogP contribution in [0.2, 0.25) is 0 Å². The zero-order chi connectivity index (χ0) is 47.2. The molecule has 2 aromatic carbocycles. The van der Waals surface area contributed by atoms with Gasteiger partial charge in [0.25, 0.3) is 0 Å². The van der Waals surface area contributed by atoms with Gasteiger partial charge in [-0.3, -0.25) is 43.2 Å². The van der Waals surface area contributed by atoms with E-state index in [-0.39, 0.29) is 18.8 Å². The van der Waals surface area contributed by atoms with Gasteiger partial charge in [-0.15, -0.1) is 6.58 Å². The van der Waals surface area contributed by atoms with Gasteiger partial charge < -0.3 is 52.0 Å². The number of rotatable bonds is 27. The average Bonchev–Trinajstić information content (AvgIpc) is 3.26. The molecule has 0 spiro atoms. The third-order valence-electron chi connectivity index (χ3n) is 10.7. The number of aliphatic carboxylic acids is 3. The van der Waals surface area contributed by atoms with Crippen molar-refractivity contribution in [2.24, 2.45) is 5.92 Å². The van der Waals surface area contributed by atoms with Gasteiger partial charge in [-0.25, -0.2) is 0 Å². The van der Waals surface area contributed by atoms with Crippen molar-refractivity contribution in [3.05, 3.63) is 84.4 Å². The number of amides is 6. The van der Waals surface area contributed by atoms with Crippen molar-refractivity contribution in [1.82, 2.24) is 31.9 Å². The van der Waals surface area contributed by atoms with Crippen molar-refractivity contribution in [3.63, 3.8) is 0 Å². The molecule has 0 heterocycles. The van der Waals surface area contributed by atoms with Gasteiger partial charge in [-0.05, 0) is 42.7 Å². The smallest absolute Gasteiger partial charge is 0.305 e. The summed E-state index contributed by atoms with van der Waals surface area (Å²) in [5, 5.41) is 43.6. The van der Waals surface area contributed by atoms with E-state index in [1.807, 2.05) is 0 Å². The Kier molecular flexibility index (Phi) is 21.3. The predicted molar refractivity (Wildman–Crippen MR) is 230 cm³/mol. The van der Waals surface area contributed by atoms with E-state index in [4.69, 9.17) is 0 Å². The van der Waals surface area contributed by atoms with Gasteiger partial charge in [0.05, 0.1) is 12.5 Å². The van der Waals surface area contributed by atoms with Crippen molar-refractivity contribution in [2.75, 3.05) is 0 Å². The number of hydrogen-bond donors (Lipinski definition) is 9. The van der Waals surface area contributed by atoms with Crippen LogP contribution in [0.5, 0.6) is 0 Å². The minimum atomic E-state index is -1.71. The molecule has 0 aromatic heterocycles. The molecule has 0 unspecified atom stereocenters. The third-order valence-corrected chi connectivity index (χ3v) is 10.7. The molecule has 0 bridgehead atoms. The first kappa shape index (κ1) is 51.4. The van der Waals surface area contributed by atoms with E-state index in [9.17, 15) is 63.3 Å². The summed E-state index contributed by atoms with van der Waals surface area (Å²) in [5.74, 6) is -10.7. The molecule has 1 aliphatic carbocycles. The summed E-state index contributed by atoms with van der Waals surface area (Å²) in [5.41, 5.74) is 0.958. The van der Waals surface area contributed by atoms with E-state index in [0.29, 0.717) is 17.4 Å². The minimum absolute atomic E-state index is 0.0373. The summed E-state index contributed by atoms with van der Waals surface area (Å²) >= 11 is 0. The topological polar surface area (TPSA) is 304 Å². The van der Waals surface area contributed by atoms with Gasteiger partial charge in [0.1, 0.15) is 36.5 Å². The predicted octanol–water partition coefficient (Wildman–Crippen LogP) is 1.70. The molecule has 0 radical (unpaired) electrons. The van der Waals surface area contributed by atoms with Crippen molar-refractivity contribution >= 4 is 59.6 Å². The zero-order valence-electron chi connectivity index (χ0n) is 35.7. The lowest BCUT2D eigenvalue weighted by Crippen LogP contribution is -2.60. The van der Waals surface area contributed by atoms with Crippen LogP contribution < -0.4 is 31.9 Å². The number of hydrogen-bond acceptors (Lipinski definition) is 10. The standard InChI is InChI=1S/C45H58N6O13/c1-3-13-31(26-52)47-43(62)34(24-28-14-7-4-8-15-28)50-41(60)32(20-22-36(54)55)49-45(64)40(39(29-16-9-5-10-17-29)30-18-11-6-12-19-30)51-42(61)33(21-23-37(56)57)48-44(63)35(25-38(58)59)46-27(2)53/h3,5-6,9-12,16-19,26,28,31-35,39-40H,1,4,7-8,13-15,20-25H2,2H3,(H,46,53)(H,47,62)(H,48,63)(H,49,64)(H,50,60)(H,51,61)(H,54,55)(H,56,57)(H,58,59)/t31-,32-,33-,34-,35-,40-/m0/s1. The summed E-state index contributed by atoms with van der Waals surface area (Å²) in [4.78, 5) is 129. The molecule has 2 aromatic rings. The van der Waals surface area contributed by atoms with E-state index in [1.54, 1.807) is 60.7 Å². The lowest BCUT2D eigenvalue weighted by Gasteiger charge is -2.32. The summed E-state index contributed by atoms with van der Waals surface area (Å²) < 4.78 is 0. The fourth-order valence-electron chi connectivity index (χ4n) is 7.56. The Bertz CT molecular complexity index is 1900. The largest absolute Gasteiger partial charge is 0.481 e. The van der Waals surface area contributed by atoms with E-state index in [1.165, 1.54) is 6.08 Å². The number of nitrogens with one attached hydrogen (secondary N) is 6. The molecular formula is C45H58N6O13. The number of carbonyl (C=O) groups is 10. The molecule has 0 saturated heterocycles. The highest BCUT2D eigenvalue weighted by atomic mass is 16.4. The molecule has 0 aliphatic heterocycles. The molecule has 346 valence electrons. The van der Waals surface area contributed by atoms with Gasteiger partial charge in [-0.1, -0.05) is 98.8 Å². The van der Waals surface area contributed by atoms with E-state index in [2.05, 4.69) is 38.5 Å². The van der Waals surface area contributed by atoms with Crippen molar-refractivity contribution in [3.8, 4) is 0 Å². The van der Waals surface area contributed by atoms with Crippen LogP contribution in [0.1, 0.15) is 101 Å². The summed E-state index contributed by atoms with van der Waals surface area (Å²) in [6, 6.07) is 8.00. The first-order chi connectivity index (χ1) is 30.5. The number of carboxylic acids is 3. The third kappa shape index (κ3) is 17.5. The molecule has 64 heavy (non-hydrogen) atoms. The van der Waals surface area contributed by atoms with E-state index < -0.39 is 128 Å². The zero-order valence-corrected chi connectivity index (χ0v) is 35.7. The quantitative estimate of drug-likeness (QED) is 0.0457. The second kappa shape index (κ2) is 26.5. The van der Waals surface area contributed by atoms with Gasteiger partial charge in [0.2, 0.25) is 35.4 Å². The fraction of sp³-hybridized carbons (Fsp3) is 0.467. The van der Waals surface area contributed by atoms with Crippen LogP contribution in [0.25, 0.3) is 0 Å². The normalized spacial score (nSPS) is 15.3. The molecule has 6 amide bonds. The van der Waals surface area contributed by atoms with Crippen LogP contribution in [-0.2, 0) is 47.9 Å². The van der Waals surface area contributed by atoms with Crippen LogP contribution in [0.15, 0.2) is 73.3 Å². The van der Waals surface area contributed by atoms with Gasteiger partial charge in [0.15, 0.2) is 0 Å². The van der Waals surface area contributed by atoms with Crippen LogP contribution in [0, 0.1) is 5.92 Å². The van der Waals surface area contributed by atoms with Gasteiger partial charge in [-0.2, -0.15) is 0 Å². The van der Waals surface area contributed by atoms with Crippen LogP contribution in [-0.4, -0.2) is 111 Å². The highest BCUT2D eigenvalue weighted by Crippen LogP contribution is 2.30. The molecular weight excluding hydrogens is 833 g/mol. The Balaban J connectivity index is 2.10. The van der Waals surface area contributed by atoms with Crippen LogP contribution in [0.3, 0.4) is 0 Å². The Hall–Kier alpha value is -6.92. The highest BCUT2D eigenvalue weighted by molar-refractivity contribution is 5.98. The van der Waals surface area contributed by atoms with E-state index >= 15 is 0 Å². The summed E-state index contributed by atoms with van der Waals surface area (Å²) in [6.07, 6.45) is 3.51.